The minimum atomic E-state index is -4.29. The van der Waals surface area contributed by atoms with E-state index in [9.17, 15) is 31.2 Å². The largest absolute Gasteiger partial charge is 0.361 e. The maximum absolute atomic E-state index is 11.5. The van der Waals surface area contributed by atoms with E-state index in [4.69, 9.17) is 4.74 Å². The second-order valence-electron chi connectivity index (χ2n) is 12.3. The molecule has 0 aliphatic heterocycles. The standard InChI is InChI=1S/C25H36N6O7S2Si/c1-41(2,3)13-10-38-19-30-9-4-21-22(27-18-28-23(21)30)20-14-29-31(15-20)25(5-8-26)16-24(17-25,6-11-39(32,33)34)7-12-40(35,36)37/h4,9,14-15,18H,5-7,10-13,16-17,19H2,1-3H3,(H,32,33,34)(H,35,36,37). The van der Waals surface area contributed by atoms with E-state index >= 15 is 0 Å². The lowest BCUT2D eigenvalue weighted by Crippen LogP contribution is -2.54. The Balaban J connectivity index is 1.57. The molecule has 0 spiro atoms. The van der Waals surface area contributed by atoms with Gasteiger partial charge in [0.05, 0.1) is 41.4 Å². The van der Waals surface area contributed by atoms with E-state index in [1.54, 1.807) is 17.1 Å². The quantitative estimate of drug-likeness (QED) is 0.151. The highest BCUT2D eigenvalue weighted by atomic mass is 32.2. The molecule has 224 valence electrons. The number of nitrogens with zero attached hydrogens (tertiary/aromatic N) is 6. The lowest BCUT2D eigenvalue weighted by molar-refractivity contribution is -0.0400. The minimum Gasteiger partial charge on any atom is -0.361 e. The van der Waals surface area contributed by atoms with Crippen LogP contribution in [0.1, 0.15) is 32.1 Å². The van der Waals surface area contributed by atoms with Crippen LogP contribution in [0.2, 0.25) is 25.7 Å². The summed E-state index contributed by atoms with van der Waals surface area (Å²) in [5.41, 5.74) is 0.426. The van der Waals surface area contributed by atoms with Crippen LogP contribution in [0.25, 0.3) is 22.3 Å². The highest BCUT2D eigenvalue weighted by molar-refractivity contribution is 7.86. The van der Waals surface area contributed by atoms with Crippen molar-refractivity contribution in [3.05, 3.63) is 31.0 Å². The molecule has 3 aromatic heterocycles. The molecule has 41 heavy (non-hydrogen) atoms. The Labute approximate surface area is 241 Å². The van der Waals surface area contributed by atoms with Crippen molar-refractivity contribution in [1.82, 2.24) is 24.3 Å². The molecule has 0 amide bonds. The second kappa shape index (κ2) is 11.5. The van der Waals surface area contributed by atoms with Crippen molar-refractivity contribution in [2.45, 2.75) is 70.1 Å². The summed E-state index contributed by atoms with van der Waals surface area (Å²) in [7, 11) is -9.78. The maximum Gasteiger partial charge on any atom is 0.264 e. The number of rotatable bonds is 14. The molecule has 1 aliphatic carbocycles. The first kappa shape index (κ1) is 31.3. The Kier molecular flexibility index (Phi) is 8.79. The summed E-state index contributed by atoms with van der Waals surface area (Å²) in [6, 6.07) is 5.14. The number of ether oxygens (including phenoxy) is 1. The third-order valence-corrected chi connectivity index (χ3v) is 10.9. The SMILES string of the molecule is C[Si](C)(C)CCOCn1ccc2c(-c3cnn(C4(CC#N)CC(CCS(=O)(=O)O)(CCS(=O)(=O)O)C4)c3)ncnc21. The number of nitriles is 1. The molecule has 2 N–H and O–H groups in total. The monoisotopic (exact) mass is 624 g/mol. The van der Waals surface area contributed by atoms with Gasteiger partial charge in [0.15, 0.2) is 0 Å². The van der Waals surface area contributed by atoms with Crippen molar-refractivity contribution in [2.75, 3.05) is 18.1 Å². The Morgan fingerprint density at radius 3 is 2.34 bits per heavy atom. The Hall–Kier alpha value is -2.68. The molecule has 0 aromatic carbocycles. The molecular weight excluding hydrogens is 589 g/mol. The van der Waals surface area contributed by atoms with Crippen molar-refractivity contribution in [1.29, 1.82) is 5.26 Å². The number of hydrogen-bond acceptors (Lipinski definition) is 9. The molecule has 3 heterocycles. The Morgan fingerprint density at radius 1 is 1.10 bits per heavy atom. The van der Waals surface area contributed by atoms with E-state index in [1.165, 1.54) is 6.33 Å². The van der Waals surface area contributed by atoms with Crippen molar-refractivity contribution in [2.24, 2.45) is 5.41 Å². The molecule has 13 nitrogen and oxygen atoms in total. The molecule has 0 unspecified atom stereocenters. The van der Waals surface area contributed by atoms with Gasteiger partial charge in [-0.15, -0.1) is 0 Å². The van der Waals surface area contributed by atoms with Crippen LogP contribution in [-0.2, 0) is 37.2 Å². The van der Waals surface area contributed by atoms with Crippen LogP contribution in [-0.4, -0.2) is 76.4 Å². The van der Waals surface area contributed by atoms with E-state index < -0.39 is 50.8 Å². The van der Waals surface area contributed by atoms with Gasteiger partial charge in [0.1, 0.15) is 18.7 Å². The van der Waals surface area contributed by atoms with Gasteiger partial charge >= 0.3 is 0 Å². The lowest BCUT2D eigenvalue weighted by atomic mass is 9.54. The maximum atomic E-state index is 11.5. The molecule has 0 saturated heterocycles. The molecule has 3 aromatic rings. The smallest absolute Gasteiger partial charge is 0.264 e. The Morgan fingerprint density at radius 2 is 1.76 bits per heavy atom. The van der Waals surface area contributed by atoms with Crippen molar-refractivity contribution < 1.29 is 30.7 Å². The lowest BCUT2D eigenvalue weighted by Gasteiger charge is -2.56. The van der Waals surface area contributed by atoms with Crippen LogP contribution in [0, 0.1) is 16.7 Å². The first-order valence-electron chi connectivity index (χ1n) is 13.2. The van der Waals surface area contributed by atoms with Gasteiger partial charge in [0.2, 0.25) is 0 Å². The minimum absolute atomic E-state index is 0.0112. The summed E-state index contributed by atoms with van der Waals surface area (Å²) in [6.07, 6.45) is 7.31. The highest BCUT2D eigenvalue weighted by Crippen LogP contribution is 2.58. The summed E-state index contributed by atoms with van der Waals surface area (Å²) < 4.78 is 73.9. The number of aromatic nitrogens is 5. The van der Waals surface area contributed by atoms with E-state index in [-0.39, 0.29) is 32.1 Å². The third-order valence-electron chi connectivity index (χ3n) is 7.72. The van der Waals surface area contributed by atoms with E-state index in [0.29, 0.717) is 30.2 Å². The van der Waals surface area contributed by atoms with E-state index in [2.05, 4.69) is 40.8 Å². The van der Waals surface area contributed by atoms with Gasteiger partial charge in [-0.25, -0.2) is 9.97 Å². The fourth-order valence-corrected chi connectivity index (χ4v) is 7.75. The molecule has 1 fully saturated rings. The molecule has 16 heteroatoms. The molecule has 0 radical (unpaired) electrons. The second-order valence-corrected chi connectivity index (χ2v) is 21.0. The zero-order chi connectivity index (χ0) is 30.1. The normalized spacial score (nSPS) is 16.9. The molecule has 0 atom stereocenters. The summed E-state index contributed by atoms with van der Waals surface area (Å²) in [5.74, 6) is -1.10. The van der Waals surface area contributed by atoms with Gasteiger partial charge in [-0.05, 0) is 43.2 Å². The fourth-order valence-electron chi connectivity index (χ4n) is 5.61. The van der Waals surface area contributed by atoms with Gasteiger partial charge in [-0.3, -0.25) is 13.8 Å². The van der Waals surface area contributed by atoms with Crippen LogP contribution >= 0.6 is 0 Å². The predicted octanol–water partition coefficient (Wildman–Crippen LogP) is 3.55. The van der Waals surface area contributed by atoms with Crippen LogP contribution in [0.3, 0.4) is 0 Å². The van der Waals surface area contributed by atoms with Crippen LogP contribution in [0.5, 0.6) is 0 Å². The molecule has 1 aliphatic rings. The molecular formula is C25H36N6O7S2Si. The summed E-state index contributed by atoms with van der Waals surface area (Å²) >= 11 is 0. The molecule has 4 rings (SSSR count). The third kappa shape index (κ3) is 7.79. The highest BCUT2D eigenvalue weighted by Gasteiger charge is 2.56. The van der Waals surface area contributed by atoms with Gasteiger partial charge in [-0.2, -0.15) is 27.2 Å². The van der Waals surface area contributed by atoms with Crippen molar-refractivity contribution in [3.8, 4) is 17.3 Å². The van der Waals surface area contributed by atoms with Gasteiger partial charge in [0, 0.05) is 38.0 Å². The fraction of sp³-hybridized carbons (Fsp3) is 0.600. The van der Waals surface area contributed by atoms with Crippen molar-refractivity contribution >= 4 is 39.3 Å². The van der Waals surface area contributed by atoms with E-state index in [0.717, 1.165) is 11.4 Å². The molecule has 0 bridgehead atoms. The number of hydrogen-bond donors (Lipinski definition) is 2. The summed E-state index contributed by atoms with van der Waals surface area (Å²) in [5, 5.41) is 15.0. The van der Waals surface area contributed by atoms with Crippen LogP contribution in [0.15, 0.2) is 31.0 Å². The van der Waals surface area contributed by atoms with E-state index in [1.807, 2.05) is 16.8 Å². The van der Waals surface area contributed by atoms with Gasteiger partial charge < -0.3 is 9.30 Å². The van der Waals surface area contributed by atoms with Gasteiger partial charge in [-0.1, -0.05) is 19.6 Å². The first-order valence-corrected chi connectivity index (χ1v) is 20.2. The zero-order valence-electron chi connectivity index (χ0n) is 23.4. The van der Waals surface area contributed by atoms with Crippen LogP contribution < -0.4 is 0 Å². The summed E-state index contributed by atoms with van der Waals surface area (Å²) in [4.78, 5) is 8.92. The average Bonchev–Trinajstić information content (AvgIpc) is 3.49. The topological polar surface area (TPSA) is 190 Å². The Bertz CT molecular complexity index is 1610. The predicted molar refractivity (Wildman–Crippen MR) is 155 cm³/mol. The number of fused-ring (bicyclic) bond motifs is 1. The van der Waals surface area contributed by atoms with Crippen molar-refractivity contribution in [3.63, 3.8) is 0 Å². The molecule has 1 saturated carbocycles. The van der Waals surface area contributed by atoms with Gasteiger partial charge in [0.25, 0.3) is 20.2 Å². The van der Waals surface area contributed by atoms with Crippen LogP contribution in [0.4, 0.5) is 0 Å². The average molecular weight is 625 g/mol. The summed E-state index contributed by atoms with van der Waals surface area (Å²) in [6.45, 7) is 7.93. The first-order chi connectivity index (χ1) is 19.0. The zero-order valence-corrected chi connectivity index (χ0v) is 26.0.